The summed E-state index contributed by atoms with van der Waals surface area (Å²) in [5.41, 5.74) is 7.08. The van der Waals surface area contributed by atoms with Gasteiger partial charge in [-0.1, -0.05) is 18.2 Å². The van der Waals surface area contributed by atoms with Crippen molar-refractivity contribution in [3.63, 3.8) is 0 Å². The normalized spacial score (nSPS) is 12.2. The molecule has 2 rings (SSSR count). The van der Waals surface area contributed by atoms with E-state index in [1.807, 2.05) is 18.2 Å². The Balaban J connectivity index is 2.40. The van der Waals surface area contributed by atoms with Gasteiger partial charge in [0, 0.05) is 6.07 Å². The molecule has 19 heavy (non-hydrogen) atoms. The van der Waals surface area contributed by atoms with Crippen LogP contribution in [0.25, 0.3) is 0 Å². The van der Waals surface area contributed by atoms with E-state index >= 15 is 0 Å². The zero-order chi connectivity index (χ0) is 13.8. The number of nitrogens with one attached hydrogen (secondary N) is 1. The average Bonchev–Trinajstić information content (AvgIpc) is 2.45. The highest BCUT2D eigenvalue weighted by atomic mass is 16.5. The number of nitrogens with two attached hydrogens (primary N) is 1. The molecule has 0 aliphatic rings. The monoisotopic (exact) mass is 258 g/mol. The lowest BCUT2D eigenvalue weighted by Gasteiger charge is -2.18. The van der Waals surface area contributed by atoms with Crippen molar-refractivity contribution >= 4 is 0 Å². The van der Waals surface area contributed by atoms with E-state index in [1.54, 1.807) is 13.2 Å². The Labute approximate surface area is 112 Å². The molecule has 1 atom stereocenters. The van der Waals surface area contributed by atoms with E-state index < -0.39 is 0 Å². The highest BCUT2D eigenvalue weighted by molar-refractivity contribution is 5.38. The van der Waals surface area contributed by atoms with Crippen LogP contribution in [0.4, 0.5) is 0 Å². The summed E-state index contributed by atoms with van der Waals surface area (Å²) in [6.45, 7) is 4.15. The molecule has 0 saturated carbocycles. The predicted molar refractivity (Wildman–Crippen MR) is 73.7 cm³/mol. The van der Waals surface area contributed by atoms with Crippen LogP contribution in [0.5, 0.6) is 5.88 Å². The fraction of sp³-hybridized carbons (Fsp3) is 0.286. The molecule has 2 aromatic rings. The van der Waals surface area contributed by atoms with Crippen molar-refractivity contribution in [2.24, 2.45) is 5.84 Å². The van der Waals surface area contributed by atoms with Gasteiger partial charge in [0.2, 0.25) is 5.88 Å². The second-order valence-electron chi connectivity index (χ2n) is 4.39. The van der Waals surface area contributed by atoms with Crippen LogP contribution in [-0.4, -0.2) is 17.3 Å². The lowest BCUT2D eigenvalue weighted by Crippen LogP contribution is -2.30. The van der Waals surface area contributed by atoms with E-state index in [0.29, 0.717) is 5.88 Å². The molecule has 100 valence electrons. The SMILES string of the molecule is COc1ccc(C(NN)c2cccc(C)c2C)nn1. The first-order chi connectivity index (χ1) is 9.17. The predicted octanol–water partition coefficient (Wildman–Crippen LogP) is 1.65. The van der Waals surface area contributed by atoms with Crippen LogP contribution in [0.1, 0.15) is 28.4 Å². The molecule has 1 aromatic heterocycles. The smallest absolute Gasteiger partial charge is 0.233 e. The van der Waals surface area contributed by atoms with Crippen molar-refractivity contribution in [2.45, 2.75) is 19.9 Å². The largest absolute Gasteiger partial charge is 0.480 e. The minimum Gasteiger partial charge on any atom is -0.480 e. The third kappa shape index (κ3) is 2.72. The fourth-order valence-corrected chi connectivity index (χ4v) is 2.01. The maximum Gasteiger partial charge on any atom is 0.233 e. The van der Waals surface area contributed by atoms with Gasteiger partial charge in [0.05, 0.1) is 18.8 Å². The summed E-state index contributed by atoms with van der Waals surface area (Å²) in [5, 5.41) is 8.13. The van der Waals surface area contributed by atoms with Crippen LogP contribution in [0.2, 0.25) is 0 Å². The van der Waals surface area contributed by atoms with Gasteiger partial charge < -0.3 is 4.74 Å². The van der Waals surface area contributed by atoms with Crippen LogP contribution < -0.4 is 16.0 Å². The number of ether oxygens (including phenoxy) is 1. The number of aryl methyl sites for hydroxylation is 1. The fourth-order valence-electron chi connectivity index (χ4n) is 2.01. The molecule has 0 fully saturated rings. The number of hydrogen-bond donors (Lipinski definition) is 2. The van der Waals surface area contributed by atoms with Gasteiger partial charge >= 0.3 is 0 Å². The van der Waals surface area contributed by atoms with Crippen molar-refractivity contribution in [3.05, 3.63) is 52.7 Å². The van der Waals surface area contributed by atoms with Gasteiger partial charge in [-0.25, -0.2) is 5.43 Å². The van der Waals surface area contributed by atoms with Crippen LogP contribution in [0.3, 0.4) is 0 Å². The molecule has 1 unspecified atom stereocenters. The number of hydrogen-bond acceptors (Lipinski definition) is 5. The topological polar surface area (TPSA) is 73.1 Å². The quantitative estimate of drug-likeness (QED) is 0.644. The van der Waals surface area contributed by atoms with E-state index in [9.17, 15) is 0 Å². The maximum atomic E-state index is 5.68. The molecule has 0 aliphatic carbocycles. The summed E-state index contributed by atoms with van der Waals surface area (Å²) >= 11 is 0. The van der Waals surface area contributed by atoms with Crippen molar-refractivity contribution in [3.8, 4) is 5.88 Å². The van der Waals surface area contributed by atoms with Crippen LogP contribution in [0.15, 0.2) is 30.3 Å². The van der Waals surface area contributed by atoms with Crippen molar-refractivity contribution < 1.29 is 4.74 Å². The van der Waals surface area contributed by atoms with E-state index in [4.69, 9.17) is 10.6 Å². The summed E-state index contributed by atoms with van der Waals surface area (Å²) in [6, 6.07) is 9.58. The number of aromatic nitrogens is 2. The Kier molecular flexibility index (Phi) is 4.09. The standard InChI is InChI=1S/C14H18N4O/c1-9-5-4-6-11(10(9)2)14(16-15)12-7-8-13(19-3)18-17-12/h4-8,14,16H,15H2,1-3H3. The second-order valence-corrected chi connectivity index (χ2v) is 4.39. The van der Waals surface area contributed by atoms with Crippen LogP contribution in [0, 0.1) is 13.8 Å². The van der Waals surface area contributed by atoms with E-state index in [0.717, 1.165) is 11.3 Å². The van der Waals surface area contributed by atoms with E-state index in [2.05, 4.69) is 35.5 Å². The number of benzene rings is 1. The highest BCUT2D eigenvalue weighted by Crippen LogP contribution is 2.24. The van der Waals surface area contributed by atoms with Crippen molar-refractivity contribution in [1.29, 1.82) is 0 Å². The molecule has 0 saturated heterocycles. The summed E-state index contributed by atoms with van der Waals surface area (Å²) in [6.07, 6.45) is 0. The lowest BCUT2D eigenvalue weighted by atomic mass is 9.96. The molecule has 3 N–H and O–H groups in total. The number of methoxy groups -OCH3 is 1. The van der Waals surface area contributed by atoms with E-state index in [-0.39, 0.29) is 6.04 Å². The molecular formula is C14H18N4O. The lowest BCUT2D eigenvalue weighted by molar-refractivity contribution is 0.390. The molecule has 5 heteroatoms. The summed E-state index contributed by atoms with van der Waals surface area (Å²) in [7, 11) is 1.56. The van der Waals surface area contributed by atoms with Crippen molar-refractivity contribution in [2.75, 3.05) is 7.11 Å². The zero-order valence-electron chi connectivity index (χ0n) is 11.3. The molecule has 0 radical (unpaired) electrons. The van der Waals surface area contributed by atoms with Gasteiger partial charge in [-0.05, 0) is 36.6 Å². The molecule has 0 amide bonds. The summed E-state index contributed by atoms with van der Waals surface area (Å²) in [5.74, 6) is 6.16. The number of rotatable bonds is 4. The molecule has 0 aliphatic heterocycles. The molecule has 5 nitrogen and oxygen atoms in total. The van der Waals surface area contributed by atoms with Gasteiger partial charge in [-0.15, -0.1) is 10.2 Å². The average molecular weight is 258 g/mol. The van der Waals surface area contributed by atoms with E-state index in [1.165, 1.54) is 11.1 Å². The minimum atomic E-state index is -0.182. The number of hydrazine groups is 1. The zero-order valence-corrected chi connectivity index (χ0v) is 11.3. The molecule has 1 aromatic carbocycles. The third-order valence-corrected chi connectivity index (χ3v) is 3.29. The Morgan fingerprint density at radius 2 is 1.95 bits per heavy atom. The Bertz CT molecular complexity index is 554. The molecule has 1 heterocycles. The summed E-state index contributed by atoms with van der Waals surface area (Å²) < 4.78 is 5.01. The first-order valence-electron chi connectivity index (χ1n) is 6.07. The Hall–Kier alpha value is -1.98. The van der Waals surface area contributed by atoms with Gasteiger partial charge in [-0.3, -0.25) is 5.84 Å². The van der Waals surface area contributed by atoms with Crippen LogP contribution >= 0.6 is 0 Å². The van der Waals surface area contributed by atoms with Gasteiger partial charge in [0.15, 0.2) is 0 Å². The molecular weight excluding hydrogens is 240 g/mol. The second kappa shape index (κ2) is 5.77. The van der Waals surface area contributed by atoms with Crippen LogP contribution in [-0.2, 0) is 0 Å². The Morgan fingerprint density at radius 3 is 2.53 bits per heavy atom. The van der Waals surface area contributed by atoms with Gasteiger partial charge in [0.1, 0.15) is 0 Å². The maximum absolute atomic E-state index is 5.68. The molecule has 0 spiro atoms. The van der Waals surface area contributed by atoms with Crippen molar-refractivity contribution in [1.82, 2.24) is 15.6 Å². The number of nitrogens with zero attached hydrogens (tertiary/aromatic N) is 2. The summed E-state index contributed by atoms with van der Waals surface area (Å²) in [4.78, 5) is 0. The highest BCUT2D eigenvalue weighted by Gasteiger charge is 2.17. The Morgan fingerprint density at radius 1 is 1.16 bits per heavy atom. The third-order valence-electron chi connectivity index (χ3n) is 3.29. The van der Waals surface area contributed by atoms with Gasteiger partial charge in [0.25, 0.3) is 0 Å². The minimum absolute atomic E-state index is 0.182. The first-order valence-corrected chi connectivity index (χ1v) is 6.07. The molecule has 0 bridgehead atoms. The van der Waals surface area contributed by atoms with Gasteiger partial charge in [-0.2, -0.15) is 0 Å². The first kappa shape index (κ1) is 13.5.